The summed E-state index contributed by atoms with van der Waals surface area (Å²) in [6.07, 6.45) is 0. The summed E-state index contributed by atoms with van der Waals surface area (Å²) >= 11 is 39.9. The number of carboxylic acid groups (broad SMARTS) is 1. The molecule has 18 heteroatoms. The van der Waals surface area contributed by atoms with Crippen LogP contribution in [0.4, 0.5) is 32.3 Å². The lowest BCUT2D eigenvalue weighted by molar-refractivity contribution is -0.145. The fraction of sp³-hybridized carbons (Fsp3) is 0.200. The SMILES string of the molecule is COC(=O)[C@H]1CN(Cc2ccccc2)CC1c1cc(-c2ccccc2Cl)c2c(c1)N(c1c(Cl)cccc1Cl)C(=O)NC2.O=C(O)[C@H]1CN(Cc2ccccc2)CC1c1cc(-c2ccccc2Cl)c2c(c1)N(c1c(Cl)cccc1Cl)C(=O)NC2. The third-order valence-corrected chi connectivity index (χ3v) is 17.7. The highest BCUT2D eigenvalue weighted by Crippen LogP contribution is 2.50. The summed E-state index contributed by atoms with van der Waals surface area (Å²) in [7, 11) is 1.42. The van der Waals surface area contributed by atoms with E-state index < -0.39 is 17.8 Å². The number of esters is 1. The predicted molar refractivity (Wildman–Crippen MR) is 331 cm³/mol. The maximum Gasteiger partial charge on any atom is 0.326 e. The Balaban J connectivity index is 0.000000174. The average Bonchev–Trinajstić information content (AvgIpc) is 3.07. The summed E-state index contributed by atoms with van der Waals surface area (Å²) in [5, 5.41) is 18.7. The number of anilines is 4. The molecule has 4 heterocycles. The second kappa shape index (κ2) is 25.0. The van der Waals surface area contributed by atoms with E-state index in [1.165, 1.54) is 22.5 Å². The van der Waals surface area contributed by atoms with Gasteiger partial charge in [-0.05, 0) is 81.9 Å². The maximum atomic E-state index is 13.5. The Morgan fingerprint density at radius 3 is 1.25 bits per heavy atom. The number of fused-ring (bicyclic) bond motifs is 2. The van der Waals surface area contributed by atoms with Crippen LogP contribution in [-0.4, -0.2) is 72.2 Å². The minimum absolute atomic E-state index is 0.193. The number of carboxylic acids is 1. The quantitative estimate of drug-likeness (QED) is 0.103. The van der Waals surface area contributed by atoms with Gasteiger partial charge in [-0.15, -0.1) is 0 Å². The zero-order valence-electron chi connectivity index (χ0n) is 44.7. The van der Waals surface area contributed by atoms with E-state index in [2.05, 4.69) is 38.6 Å². The molecule has 0 bridgehead atoms. The molecule has 0 aromatic heterocycles. The molecule has 4 amide bonds. The van der Waals surface area contributed by atoms with E-state index in [1.54, 1.807) is 36.4 Å². The summed E-state index contributed by atoms with van der Waals surface area (Å²) in [6, 6.07) is 52.8. The first kappa shape index (κ1) is 57.7. The number of hydrogen-bond donors (Lipinski definition) is 3. The molecule has 12 rings (SSSR count). The lowest BCUT2D eigenvalue weighted by Gasteiger charge is -2.34. The molecule has 0 aliphatic carbocycles. The standard InChI is InChI=1S/C33H28Cl3N3O3.C32H26Cl3N3O3/c1-42-32(40)26-19-38(17-20-8-3-2-4-9-20)18-25(26)21-14-23(22-10-5-6-11-27(22)34)24-16-37-33(41)39(30(24)15-21)31-28(35)12-7-13-29(31)36;33-26-10-5-4-9-21(26)22-13-20(24-17-37(18-25(24)31(39)40)16-19-7-2-1-3-8-19)14-29-23(22)15-36-32(41)38(29)30-27(34)11-6-12-28(30)35/h2-15,25-26H,16-19H2,1H3,(H,37,41);1-14,24-25H,15-18H2,(H,36,41)(H,39,40)/t25?,26-;24?,25-/m00/s1. The van der Waals surface area contributed by atoms with Crippen LogP contribution in [0, 0.1) is 11.8 Å². The number of nitrogens with one attached hydrogen (secondary N) is 2. The molecule has 2 saturated heterocycles. The van der Waals surface area contributed by atoms with Crippen molar-refractivity contribution in [2.24, 2.45) is 11.8 Å². The van der Waals surface area contributed by atoms with Gasteiger partial charge in [-0.1, -0.05) is 191 Å². The van der Waals surface area contributed by atoms with Crippen molar-refractivity contribution in [1.82, 2.24) is 20.4 Å². The van der Waals surface area contributed by atoms with E-state index in [1.807, 2.05) is 115 Å². The fourth-order valence-electron chi connectivity index (χ4n) is 12.0. The summed E-state index contributed by atoms with van der Waals surface area (Å²) < 4.78 is 5.27. The first-order valence-corrected chi connectivity index (χ1v) is 29.1. The van der Waals surface area contributed by atoms with Crippen molar-refractivity contribution < 1.29 is 29.0 Å². The Kier molecular flexibility index (Phi) is 17.4. The largest absolute Gasteiger partial charge is 0.481 e. The van der Waals surface area contributed by atoms with Gasteiger partial charge in [0.05, 0.1) is 61.8 Å². The van der Waals surface area contributed by atoms with Crippen molar-refractivity contribution in [3.8, 4) is 22.3 Å². The molecule has 4 atom stereocenters. The van der Waals surface area contributed by atoms with Crippen LogP contribution in [-0.2, 0) is 40.5 Å². The molecule has 12 nitrogen and oxygen atoms in total. The number of likely N-dealkylation sites (tertiary alicyclic amines) is 2. The van der Waals surface area contributed by atoms with Crippen LogP contribution in [0.15, 0.2) is 170 Å². The van der Waals surface area contributed by atoms with Crippen LogP contribution in [0.1, 0.15) is 45.2 Å². The molecule has 0 spiro atoms. The van der Waals surface area contributed by atoms with Gasteiger partial charge < -0.3 is 20.5 Å². The van der Waals surface area contributed by atoms with Crippen LogP contribution in [0.2, 0.25) is 30.1 Å². The van der Waals surface area contributed by atoms with E-state index >= 15 is 0 Å². The Morgan fingerprint density at radius 2 is 0.855 bits per heavy atom. The number of methoxy groups -OCH3 is 1. The number of para-hydroxylation sites is 2. The highest BCUT2D eigenvalue weighted by atomic mass is 35.5. The van der Waals surface area contributed by atoms with Crippen molar-refractivity contribution in [2.45, 2.75) is 38.0 Å². The van der Waals surface area contributed by atoms with E-state index in [0.717, 1.165) is 50.1 Å². The third-order valence-electron chi connectivity index (χ3n) is 15.8. The number of halogens is 6. The monoisotopic (exact) mass is 1220 g/mol. The van der Waals surface area contributed by atoms with Gasteiger partial charge >= 0.3 is 24.0 Å². The Hall–Kier alpha value is -7.10. The number of ether oxygens (including phenoxy) is 1. The number of hydrogen-bond acceptors (Lipinski definition) is 7. The van der Waals surface area contributed by atoms with Crippen molar-refractivity contribution in [1.29, 1.82) is 0 Å². The van der Waals surface area contributed by atoms with Crippen molar-refractivity contribution in [2.75, 3.05) is 43.1 Å². The number of carbonyl (C=O) groups excluding carboxylic acids is 3. The molecule has 2 fully saturated rings. The van der Waals surface area contributed by atoms with Gasteiger partial charge in [-0.25, -0.2) is 9.59 Å². The van der Waals surface area contributed by atoms with Crippen LogP contribution < -0.4 is 20.4 Å². The third kappa shape index (κ3) is 11.9. The topological polar surface area (TPSA) is 135 Å². The maximum absolute atomic E-state index is 13.5. The number of amides is 4. The summed E-state index contributed by atoms with van der Waals surface area (Å²) in [4.78, 5) is 60.0. The highest BCUT2D eigenvalue weighted by molar-refractivity contribution is 6.41. The van der Waals surface area contributed by atoms with Gasteiger partial charge in [-0.3, -0.25) is 29.2 Å². The van der Waals surface area contributed by atoms with E-state index in [-0.39, 0.29) is 36.4 Å². The molecule has 2 unspecified atom stereocenters. The van der Waals surface area contributed by atoms with Gasteiger partial charge in [-0.2, -0.15) is 0 Å². The lowest BCUT2D eigenvalue weighted by atomic mass is 9.84. The molecule has 3 N–H and O–H groups in total. The predicted octanol–water partition coefficient (Wildman–Crippen LogP) is 16.0. The van der Waals surface area contributed by atoms with Gasteiger partial charge in [0.2, 0.25) is 0 Å². The Bertz CT molecular complexity index is 3760. The number of rotatable bonds is 12. The van der Waals surface area contributed by atoms with Crippen LogP contribution in [0.5, 0.6) is 0 Å². The normalized spacial score (nSPS) is 18.6. The average molecular weight is 1230 g/mol. The minimum Gasteiger partial charge on any atom is -0.481 e. The van der Waals surface area contributed by atoms with Gasteiger partial charge in [0.25, 0.3) is 0 Å². The lowest BCUT2D eigenvalue weighted by Crippen LogP contribution is -2.42. The van der Waals surface area contributed by atoms with Crippen molar-refractivity contribution in [3.05, 3.63) is 233 Å². The van der Waals surface area contributed by atoms with Gasteiger partial charge in [0.15, 0.2) is 0 Å². The summed E-state index contributed by atoms with van der Waals surface area (Å²) in [5.74, 6) is -2.67. The van der Waals surface area contributed by atoms with Crippen molar-refractivity contribution >= 4 is 116 Å². The zero-order chi connectivity index (χ0) is 58.1. The molecular weight excluding hydrogens is 1170 g/mol. The second-order valence-electron chi connectivity index (χ2n) is 20.9. The van der Waals surface area contributed by atoms with Crippen LogP contribution in [0.3, 0.4) is 0 Å². The van der Waals surface area contributed by atoms with E-state index in [0.29, 0.717) is 98.7 Å². The zero-order valence-corrected chi connectivity index (χ0v) is 49.2. The van der Waals surface area contributed by atoms with Gasteiger partial charge in [0.1, 0.15) is 0 Å². The minimum atomic E-state index is -0.855. The highest BCUT2D eigenvalue weighted by Gasteiger charge is 2.43. The smallest absolute Gasteiger partial charge is 0.326 e. The summed E-state index contributed by atoms with van der Waals surface area (Å²) in [5.41, 5.74) is 11.0. The summed E-state index contributed by atoms with van der Waals surface area (Å²) in [6.45, 7) is 4.04. The molecule has 4 aliphatic heterocycles. The second-order valence-corrected chi connectivity index (χ2v) is 23.3. The molecule has 0 saturated carbocycles. The number of benzene rings is 8. The van der Waals surface area contributed by atoms with Crippen molar-refractivity contribution in [3.63, 3.8) is 0 Å². The first-order chi connectivity index (χ1) is 40.2. The fourth-order valence-corrected chi connectivity index (χ4v) is 13.6. The molecule has 8 aromatic carbocycles. The molecule has 83 heavy (non-hydrogen) atoms. The van der Waals surface area contributed by atoms with Crippen LogP contribution >= 0.6 is 69.6 Å². The van der Waals surface area contributed by atoms with Crippen LogP contribution in [0.25, 0.3) is 22.3 Å². The number of urea groups is 2. The van der Waals surface area contributed by atoms with E-state index in [9.17, 15) is 24.3 Å². The Morgan fingerprint density at radius 1 is 0.482 bits per heavy atom. The number of aliphatic carboxylic acids is 1. The molecule has 8 aromatic rings. The molecule has 0 radical (unpaired) electrons. The van der Waals surface area contributed by atoms with E-state index in [4.69, 9.17) is 74.3 Å². The molecule has 4 aliphatic rings. The molecular formula is C65H54Cl6N6O6. The first-order valence-electron chi connectivity index (χ1n) is 26.9. The number of nitrogens with zero attached hydrogens (tertiary/aromatic N) is 4. The number of carbonyl (C=O) groups is 4. The van der Waals surface area contributed by atoms with Gasteiger partial charge in [0, 0.05) is 96.5 Å². The Labute approximate surface area is 511 Å². The molecule has 422 valence electrons.